The fourth-order valence-corrected chi connectivity index (χ4v) is 5.19. The number of aromatic nitrogens is 1. The van der Waals surface area contributed by atoms with Gasteiger partial charge in [0, 0.05) is 73.8 Å². The summed E-state index contributed by atoms with van der Waals surface area (Å²) < 4.78 is 0. The second kappa shape index (κ2) is 12.7. The Morgan fingerprint density at radius 1 is 1.26 bits per heavy atom. The van der Waals surface area contributed by atoms with Crippen molar-refractivity contribution < 1.29 is 47.8 Å². The number of rotatable bonds is 9. The SMILES string of the molecule is CC(C)(C)N(C[C@H]1C(Cl)CC(O)[C@@H]1CCc1cc[c-]cc1[N+](=O)[O-])c1cccc(CCO)n1.[Y]. The molecule has 1 aromatic heterocycles. The van der Waals surface area contributed by atoms with Gasteiger partial charge in [0.15, 0.2) is 5.69 Å². The number of nitro groups is 1. The molecule has 2 unspecified atom stereocenters. The van der Waals surface area contributed by atoms with Crippen molar-refractivity contribution in [1.29, 1.82) is 0 Å². The monoisotopic (exact) mass is 563 g/mol. The summed E-state index contributed by atoms with van der Waals surface area (Å²) in [4.78, 5) is 17.9. The van der Waals surface area contributed by atoms with E-state index in [0.29, 0.717) is 37.8 Å². The molecule has 1 saturated carbocycles. The van der Waals surface area contributed by atoms with Crippen molar-refractivity contribution in [2.75, 3.05) is 18.1 Å². The maximum atomic E-state index is 11.4. The molecule has 1 aromatic carbocycles. The van der Waals surface area contributed by atoms with Crippen LogP contribution in [-0.2, 0) is 45.6 Å². The first-order valence-corrected chi connectivity index (χ1v) is 11.9. The van der Waals surface area contributed by atoms with Gasteiger partial charge in [-0.15, -0.1) is 17.7 Å². The summed E-state index contributed by atoms with van der Waals surface area (Å²) in [6.45, 7) is 6.98. The Hall–Kier alpha value is -1.12. The van der Waals surface area contributed by atoms with Crippen LogP contribution in [0.2, 0.25) is 0 Å². The van der Waals surface area contributed by atoms with Gasteiger partial charge in [0.05, 0.1) is 6.10 Å². The van der Waals surface area contributed by atoms with E-state index in [-0.39, 0.29) is 72.7 Å². The summed E-state index contributed by atoms with van der Waals surface area (Å²) in [7, 11) is 0. The summed E-state index contributed by atoms with van der Waals surface area (Å²) in [6, 6.07) is 13.4. The van der Waals surface area contributed by atoms with Crippen LogP contribution < -0.4 is 4.90 Å². The molecule has 0 bridgehead atoms. The van der Waals surface area contributed by atoms with Crippen molar-refractivity contribution in [3.63, 3.8) is 0 Å². The number of aryl methyl sites for hydroxylation is 1. The van der Waals surface area contributed by atoms with Crippen LogP contribution in [0.25, 0.3) is 0 Å². The van der Waals surface area contributed by atoms with E-state index in [1.165, 1.54) is 6.07 Å². The molecule has 9 heteroatoms. The predicted molar refractivity (Wildman–Crippen MR) is 130 cm³/mol. The Morgan fingerprint density at radius 3 is 2.65 bits per heavy atom. The van der Waals surface area contributed by atoms with Crippen molar-refractivity contribution in [1.82, 2.24) is 4.98 Å². The van der Waals surface area contributed by atoms with Gasteiger partial charge >= 0.3 is 0 Å². The van der Waals surface area contributed by atoms with E-state index < -0.39 is 6.10 Å². The van der Waals surface area contributed by atoms with Crippen LogP contribution in [0.3, 0.4) is 0 Å². The average Bonchev–Trinajstić information content (AvgIpc) is 3.02. The van der Waals surface area contributed by atoms with E-state index in [0.717, 1.165) is 11.5 Å². The van der Waals surface area contributed by atoms with E-state index in [9.17, 15) is 20.3 Å². The average molecular weight is 564 g/mol. The smallest absolute Gasteiger partial charge is 0.166 e. The first-order chi connectivity index (χ1) is 15.6. The van der Waals surface area contributed by atoms with Gasteiger partial charge < -0.3 is 15.1 Å². The van der Waals surface area contributed by atoms with Crippen LogP contribution in [0, 0.1) is 28.0 Å². The van der Waals surface area contributed by atoms with Crippen molar-refractivity contribution in [3.8, 4) is 0 Å². The number of hydrogen-bond acceptors (Lipinski definition) is 6. The van der Waals surface area contributed by atoms with Gasteiger partial charge in [0.1, 0.15) is 5.82 Å². The van der Waals surface area contributed by atoms with Crippen LogP contribution in [-0.4, -0.2) is 50.3 Å². The zero-order valence-corrected chi connectivity index (χ0v) is 23.6. The molecule has 1 radical (unpaired) electrons. The Morgan fingerprint density at radius 2 is 2.00 bits per heavy atom. The first-order valence-electron chi connectivity index (χ1n) is 11.4. The Bertz CT molecular complexity index is 956. The number of hydrogen-bond donors (Lipinski definition) is 2. The number of alkyl halides is 1. The molecule has 0 aliphatic heterocycles. The van der Waals surface area contributed by atoms with E-state index >= 15 is 0 Å². The maximum absolute atomic E-state index is 11.4. The molecule has 1 aliphatic rings. The molecule has 34 heavy (non-hydrogen) atoms. The summed E-state index contributed by atoms with van der Waals surface area (Å²) in [6.07, 6.45) is 1.53. The number of nitro benzene ring substituents is 1. The van der Waals surface area contributed by atoms with Crippen LogP contribution in [0.5, 0.6) is 0 Å². The fraction of sp³-hybridized carbons (Fsp3) is 0.560. The molecular weight excluding hydrogens is 531 g/mol. The summed E-state index contributed by atoms with van der Waals surface area (Å²) in [5, 5.41) is 31.3. The van der Waals surface area contributed by atoms with Crippen molar-refractivity contribution in [3.05, 3.63) is 63.8 Å². The van der Waals surface area contributed by atoms with Crippen molar-refractivity contribution in [2.24, 2.45) is 11.8 Å². The standard InChI is InChI=1S/C25H33ClN3O4.Y/c1-25(2,3)28(24-10-6-8-18(27-24)13-14-30)16-20-19(23(31)15-21(20)26)12-11-17-7-4-5-9-22(17)29(32)33;/h4,6-10,19-21,23,30-31H,11-16H2,1-3H3;/q-1;/t19-,20-,21?,23?;/m1./s1. The van der Waals surface area contributed by atoms with E-state index in [4.69, 9.17) is 16.6 Å². The second-order valence-corrected chi connectivity index (χ2v) is 10.3. The van der Waals surface area contributed by atoms with Crippen LogP contribution in [0.15, 0.2) is 36.4 Å². The molecule has 0 spiro atoms. The predicted octanol–water partition coefficient (Wildman–Crippen LogP) is 4.16. The van der Waals surface area contributed by atoms with Crippen LogP contribution in [0.4, 0.5) is 11.5 Å². The quantitative estimate of drug-likeness (QED) is 0.206. The molecule has 1 heterocycles. The van der Waals surface area contributed by atoms with Crippen molar-refractivity contribution >= 4 is 23.1 Å². The number of anilines is 1. The molecule has 2 N–H and O–H groups in total. The molecule has 3 rings (SSSR count). The molecule has 0 saturated heterocycles. The largest absolute Gasteiger partial charge is 0.396 e. The molecular formula is C25H33ClN3O4Y-. The summed E-state index contributed by atoms with van der Waals surface area (Å²) in [5.74, 6) is 0.729. The number of aliphatic hydroxyl groups excluding tert-OH is 2. The third-order valence-electron chi connectivity index (χ3n) is 6.49. The van der Waals surface area contributed by atoms with Crippen LogP contribution in [0.1, 0.15) is 44.9 Å². The van der Waals surface area contributed by atoms with Gasteiger partial charge in [-0.3, -0.25) is 10.1 Å². The minimum Gasteiger partial charge on any atom is -0.396 e. The zero-order valence-electron chi connectivity index (χ0n) is 20.0. The molecule has 7 nitrogen and oxygen atoms in total. The van der Waals surface area contributed by atoms with Gasteiger partial charge in [-0.25, -0.2) is 4.98 Å². The number of nitrogens with zero attached hydrogens (tertiary/aromatic N) is 3. The Balaban J connectivity index is 0.00000408. The Kier molecular flexibility index (Phi) is 10.9. The summed E-state index contributed by atoms with van der Waals surface area (Å²) >= 11 is 6.74. The van der Waals surface area contributed by atoms with E-state index in [1.54, 1.807) is 12.1 Å². The van der Waals surface area contributed by atoms with Gasteiger partial charge in [0.2, 0.25) is 0 Å². The molecule has 183 valence electrons. The number of benzene rings is 1. The number of pyridine rings is 1. The summed E-state index contributed by atoms with van der Waals surface area (Å²) in [5.41, 5.74) is 1.29. The van der Waals surface area contributed by atoms with Gasteiger partial charge in [-0.1, -0.05) is 11.6 Å². The molecule has 0 amide bonds. The van der Waals surface area contributed by atoms with Gasteiger partial charge in [-0.05, 0) is 64.0 Å². The van der Waals surface area contributed by atoms with Gasteiger partial charge in [0.25, 0.3) is 0 Å². The zero-order chi connectivity index (χ0) is 24.2. The molecule has 2 aromatic rings. The topological polar surface area (TPSA) is 99.7 Å². The molecule has 1 fully saturated rings. The van der Waals surface area contributed by atoms with E-state index in [1.807, 2.05) is 18.2 Å². The van der Waals surface area contributed by atoms with Crippen molar-refractivity contribution in [2.45, 2.75) is 63.5 Å². The Labute approximate surface area is 231 Å². The third-order valence-corrected chi connectivity index (χ3v) is 6.99. The third kappa shape index (κ3) is 7.20. The maximum Gasteiger partial charge on any atom is 0.166 e. The normalized spacial score (nSPS) is 22.3. The molecule has 4 atom stereocenters. The van der Waals surface area contributed by atoms with E-state index in [2.05, 4.69) is 31.7 Å². The number of aliphatic hydroxyl groups is 2. The number of halogens is 1. The fourth-order valence-electron chi connectivity index (χ4n) is 4.74. The van der Waals surface area contributed by atoms with Gasteiger partial charge in [-0.2, -0.15) is 18.2 Å². The van der Waals surface area contributed by atoms with Crippen LogP contribution >= 0.6 is 11.6 Å². The minimum absolute atomic E-state index is 0. The molecule has 1 aliphatic carbocycles. The second-order valence-electron chi connectivity index (χ2n) is 9.74. The first kappa shape index (κ1) is 29.1. The minimum atomic E-state index is -0.553.